The second-order valence-corrected chi connectivity index (χ2v) is 8.68. The number of carbonyl (C=O) groups excluding carboxylic acids is 4. The fraction of sp³-hybridized carbons (Fsp3) is 0. The minimum absolute atomic E-state index is 0. The third kappa shape index (κ3) is 4.89. The smallest absolute Gasteiger partial charge is 0.592 e. The van der Waals surface area contributed by atoms with Crippen LogP contribution >= 0.6 is 0 Å². The van der Waals surface area contributed by atoms with Crippen molar-refractivity contribution in [3.05, 3.63) is 154 Å². The molecule has 189 valence electrons. The largest absolute Gasteiger partial charge is 2.00 e. The van der Waals surface area contributed by atoms with Crippen molar-refractivity contribution in [2.75, 3.05) is 0 Å². The Kier molecular flexibility index (Phi) is 7.86. The molecule has 0 unspecified atom stereocenters. The maximum atomic E-state index is 12.3. The Labute approximate surface area is 234 Å². The van der Waals surface area contributed by atoms with Crippen LogP contribution in [0.4, 0.5) is 0 Å². The van der Waals surface area contributed by atoms with Crippen LogP contribution in [0.15, 0.2) is 120 Å². The predicted octanol–water partition coefficient (Wildman–Crippen LogP) is 3.82. The van der Waals surface area contributed by atoms with E-state index in [4.69, 9.17) is 10.2 Å². The van der Waals surface area contributed by atoms with Gasteiger partial charge in [-0.1, -0.05) is 72.8 Å². The van der Waals surface area contributed by atoms with Crippen LogP contribution in [-0.2, 0) is 17.1 Å². The molecule has 4 aromatic rings. The molecule has 2 aliphatic rings. The Morgan fingerprint density at radius 2 is 0.744 bits per heavy atom. The first kappa shape index (κ1) is 27.2. The van der Waals surface area contributed by atoms with Crippen LogP contribution in [0, 0.1) is 0 Å². The van der Waals surface area contributed by atoms with Crippen LogP contribution in [0.2, 0.25) is 0 Å². The Balaban J connectivity index is 0.000000176. The van der Waals surface area contributed by atoms with E-state index in [1.165, 1.54) is 0 Å². The van der Waals surface area contributed by atoms with Crippen molar-refractivity contribution in [2.45, 2.75) is 0 Å². The van der Waals surface area contributed by atoms with E-state index in [0.29, 0.717) is 33.4 Å². The SMILES string of the molecule is O=C1C(=C([OH2+])c2ccccc2)C(=[OH+])c2ccccc21.O=C1C(=C([OH2+])c2ccccc2)C(=[OH+])c2ccccc21.[Mn+2]. The molecule has 4 aromatic carbocycles. The maximum absolute atomic E-state index is 12.3. The van der Waals surface area contributed by atoms with E-state index in [1.807, 2.05) is 12.1 Å². The predicted molar refractivity (Wildman–Crippen MR) is 148 cm³/mol. The van der Waals surface area contributed by atoms with E-state index in [1.54, 1.807) is 97.1 Å². The summed E-state index contributed by atoms with van der Waals surface area (Å²) in [4.78, 5) is 44.8. The molecule has 6 rings (SSSR count). The van der Waals surface area contributed by atoms with Crippen LogP contribution in [0.5, 0.6) is 0 Å². The molecule has 0 atom stereocenters. The van der Waals surface area contributed by atoms with Gasteiger partial charge in [-0.15, -0.1) is 0 Å². The van der Waals surface area contributed by atoms with Gasteiger partial charge >= 0.3 is 28.6 Å². The molecule has 7 heteroatoms. The number of hydrogen-bond donors (Lipinski definition) is 0. The Morgan fingerprint density at radius 3 is 1.05 bits per heavy atom. The summed E-state index contributed by atoms with van der Waals surface area (Å²) in [5.74, 6) is -0.675. The molecular weight excluding hydrogens is 535 g/mol. The summed E-state index contributed by atoms with van der Waals surface area (Å²) < 4.78 is 0. The molecule has 39 heavy (non-hydrogen) atoms. The molecular formula is C32H24MnO6+6. The number of ketones is 4. The molecule has 6 N–H and O–H groups in total. The molecule has 2 aliphatic carbocycles. The van der Waals surface area contributed by atoms with Gasteiger partial charge in [0.25, 0.3) is 11.5 Å². The summed E-state index contributed by atoms with van der Waals surface area (Å²) in [5, 5.41) is 16.2. The van der Waals surface area contributed by atoms with Crippen molar-refractivity contribution in [3.63, 3.8) is 0 Å². The van der Waals surface area contributed by atoms with E-state index in [9.17, 15) is 19.2 Å². The van der Waals surface area contributed by atoms with Crippen molar-refractivity contribution in [3.8, 4) is 0 Å². The summed E-state index contributed by atoms with van der Waals surface area (Å²) in [6.45, 7) is 0. The topological polar surface area (TPSA) is 123 Å². The zero-order valence-electron chi connectivity index (χ0n) is 20.5. The summed E-state index contributed by atoms with van der Waals surface area (Å²) in [6, 6.07) is 31.6. The van der Waals surface area contributed by atoms with Gasteiger partial charge in [-0.05, 0) is 36.4 Å². The van der Waals surface area contributed by atoms with Gasteiger partial charge in [-0.3, -0.25) is 19.2 Å². The van der Waals surface area contributed by atoms with Crippen LogP contribution in [-0.4, -0.2) is 42.9 Å². The zero-order chi connectivity index (χ0) is 26.8. The van der Waals surface area contributed by atoms with Crippen LogP contribution < -0.4 is 0 Å². The van der Waals surface area contributed by atoms with Crippen molar-refractivity contribution < 1.29 is 46.5 Å². The first-order valence-electron chi connectivity index (χ1n) is 11.8. The third-order valence-corrected chi connectivity index (χ3v) is 6.41. The Bertz CT molecular complexity index is 1480. The number of carbonyl (C=O) groups is 2. The minimum Gasteiger partial charge on any atom is -0.592 e. The van der Waals surface area contributed by atoms with E-state index in [-0.39, 0.29) is 62.9 Å². The molecule has 0 aliphatic heterocycles. The zero-order valence-corrected chi connectivity index (χ0v) is 21.7. The van der Waals surface area contributed by atoms with Crippen LogP contribution in [0.1, 0.15) is 43.0 Å². The van der Waals surface area contributed by atoms with Crippen LogP contribution in [0.25, 0.3) is 11.5 Å². The average molecular weight is 559 g/mol. The van der Waals surface area contributed by atoms with E-state index in [0.717, 1.165) is 0 Å². The van der Waals surface area contributed by atoms with E-state index in [2.05, 4.69) is 0 Å². The van der Waals surface area contributed by atoms with E-state index < -0.39 is 0 Å². The summed E-state index contributed by atoms with van der Waals surface area (Å²) in [6.07, 6.45) is 0. The van der Waals surface area contributed by atoms with Gasteiger partial charge in [-0.2, -0.15) is 0 Å². The van der Waals surface area contributed by atoms with Gasteiger partial charge in [0.2, 0.25) is 22.7 Å². The minimum atomic E-state index is -0.290. The van der Waals surface area contributed by atoms with Gasteiger partial charge in [-0.25, -0.2) is 0 Å². The number of rotatable bonds is 2. The van der Waals surface area contributed by atoms with Gasteiger partial charge < -0.3 is 10.2 Å². The first-order chi connectivity index (χ1) is 18.4. The van der Waals surface area contributed by atoms with Crippen molar-refractivity contribution in [1.82, 2.24) is 0 Å². The van der Waals surface area contributed by atoms with Crippen molar-refractivity contribution in [2.24, 2.45) is 0 Å². The second kappa shape index (κ2) is 11.3. The number of allylic oxidation sites excluding steroid dienone is 2. The number of hydrogen-bond acceptors (Lipinski definition) is 2. The summed E-state index contributed by atoms with van der Waals surface area (Å²) in [5.41, 5.74) is 3.30. The molecule has 0 saturated carbocycles. The molecule has 1 radical (unpaired) electrons. The fourth-order valence-corrected chi connectivity index (χ4v) is 4.49. The van der Waals surface area contributed by atoms with Gasteiger partial charge in [0.05, 0.1) is 22.3 Å². The monoisotopic (exact) mass is 559 g/mol. The van der Waals surface area contributed by atoms with E-state index >= 15 is 0 Å². The molecule has 0 saturated heterocycles. The van der Waals surface area contributed by atoms with Gasteiger partial charge in [0, 0.05) is 11.1 Å². The van der Waals surface area contributed by atoms with Gasteiger partial charge in [0.15, 0.2) is 0 Å². The molecule has 0 fully saturated rings. The molecule has 0 heterocycles. The molecule has 0 aromatic heterocycles. The Morgan fingerprint density at radius 1 is 0.462 bits per heavy atom. The Hall–Kier alpha value is -4.84. The van der Waals surface area contributed by atoms with Crippen molar-refractivity contribution >= 4 is 34.7 Å². The number of fused-ring (bicyclic) bond motifs is 2. The molecule has 6 nitrogen and oxygen atoms in total. The summed E-state index contributed by atoms with van der Waals surface area (Å²) in [7, 11) is 0. The first-order valence-corrected chi connectivity index (χ1v) is 11.8. The standard InChI is InChI=1S/2C16H10O3.Mn/c2*17-14(10-6-2-1-3-7-10)13-15(18)11-8-4-5-9-12(11)16(13)19;/h2*1-9,17H;/q;;+2/p+4. The van der Waals surface area contributed by atoms with Crippen LogP contribution in [0.3, 0.4) is 0 Å². The number of benzene rings is 4. The average Bonchev–Trinajstić information content (AvgIpc) is 3.38. The quantitative estimate of drug-likeness (QED) is 0.122. The van der Waals surface area contributed by atoms with Gasteiger partial charge in [0.1, 0.15) is 0 Å². The molecule has 0 spiro atoms. The fourth-order valence-electron chi connectivity index (χ4n) is 4.49. The molecule has 0 amide bonds. The summed E-state index contributed by atoms with van der Waals surface area (Å²) >= 11 is 0. The maximum Gasteiger partial charge on any atom is 2.00 e. The normalized spacial score (nSPS) is 16.0. The third-order valence-electron chi connectivity index (χ3n) is 6.41. The number of Topliss-reactive ketones (excluding diaryl/α,β-unsaturated/α-hetero) is 2. The molecule has 0 bridgehead atoms. The van der Waals surface area contributed by atoms with Crippen molar-refractivity contribution in [1.29, 1.82) is 0 Å². The second-order valence-electron chi connectivity index (χ2n) is 8.68.